The predicted molar refractivity (Wildman–Crippen MR) is 72.3 cm³/mol. The van der Waals surface area contributed by atoms with Gasteiger partial charge < -0.3 is 11.2 Å². The van der Waals surface area contributed by atoms with Gasteiger partial charge in [0.1, 0.15) is 16.5 Å². The van der Waals surface area contributed by atoms with E-state index in [2.05, 4.69) is 64.1 Å². The van der Waals surface area contributed by atoms with Gasteiger partial charge in [0.05, 0.1) is 0 Å². The molecule has 0 fully saturated rings. The normalized spacial score (nSPS) is 12.5. The number of hydrogen-bond donors (Lipinski definition) is 0. The summed E-state index contributed by atoms with van der Waals surface area (Å²) in [7, 11) is -2.18. The Kier molecular flexibility index (Phi) is 9.86. The Morgan fingerprint density at radius 1 is 1.00 bits per heavy atom. The van der Waals surface area contributed by atoms with E-state index in [1.54, 1.807) is 0 Å². The molecular weight excluding hydrogens is 324 g/mol. The molecular formula is C9H24BrNSi2Zn. The third-order valence-electron chi connectivity index (χ3n) is 2.00. The molecule has 0 atom stereocenters. The zero-order chi connectivity index (χ0) is 12.0. The van der Waals surface area contributed by atoms with Crippen LogP contribution in [0.25, 0.3) is 0 Å². The van der Waals surface area contributed by atoms with E-state index in [1.807, 2.05) is 0 Å². The molecule has 0 amide bonds. The van der Waals surface area contributed by atoms with Gasteiger partial charge in [0.15, 0.2) is 0 Å². The van der Waals surface area contributed by atoms with E-state index in [-0.39, 0.29) is 0 Å². The van der Waals surface area contributed by atoms with Crippen LogP contribution in [0.5, 0.6) is 0 Å². The van der Waals surface area contributed by atoms with E-state index >= 15 is 0 Å². The summed E-state index contributed by atoms with van der Waals surface area (Å²) in [5, 5.41) is 0. The zero-order valence-electron chi connectivity index (χ0n) is 10.7. The Morgan fingerprint density at radius 2 is 1.29 bits per heavy atom. The van der Waals surface area contributed by atoms with Gasteiger partial charge in [-0.05, 0) is 6.54 Å². The Bertz CT molecular complexity index is 129. The molecule has 0 saturated heterocycles. The fourth-order valence-electron chi connectivity index (χ4n) is 1.84. The van der Waals surface area contributed by atoms with Crippen molar-refractivity contribution in [2.75, 3.05) is 6.54 Å². The first-order chi connectivity index (χ1) is 6.19. The first-order valence-corrected chi connectivity index (χ1v) is 18.9. The van der Waals surface area contributed by atoms with Gasteiger partial charge in [0, 0.05) is 0 Å². The van der Waals surface area contributed by atoms with Gasteiger partial charge in [0.2, 0.25) is 0 Å². The van der Waals surface area contributed by atoms with Crippen LogP contribution in [0.4, 0.5) is 0 Å². The second-order valence-corrected chi connectivity index (χ2v) is 15.6. The molecule has 0 spiro atoms. The third kappa shape index (κ3) is 7.75. The number of nitrogens with zero attached hydrogens (tertiary/aromatic N) is 1. The number of rotatable bonds is 4. The fraction of sp³-hybridized carbons (Fsp3) is 0.889. The van der Waals surface area contributed by atoms with E-state index < -0.39 is 16.5 Å². The van der Waals surface area contributed by atoms with Gasteiger partial charge in [-0.3, -0.25) is 0 Å². The van der Waals surface area contributed by atoms with Gasteiger partial charge in [-0.25, -0.2) is 0 Å². The molecule has 0 aromatic rings. The molecule has 14 heavy (non-hydrogen) atoms. The quantitative estimate of drug-likeness (QED) is 0.548. The van der Waals surface area contributed by atoms with Gasteiger partial charge in [-0.1, -0.05) is 39.3 Å². The Balaban J connectivity index is 0. The number of hydrogen-bond acceptors (Lipinski definition) is 1. The van der Waals surface area contributed by atoms with Crippen molar-refractivity contribution in [2.24, 2.45) is 0 Å². The van der Waals surface area contributed by atoms with Crippen LogP contribution in [0.3, 0.4) is 0 Å². The predicted octanol–water partition coefficient (Wildman–Crippen LogP) is 4.03. The van der Waals surface area contributed by atoms with E-state index in [4.69, 9.17) is 0 Å². The van der Waals surface area contributed by atoms with Crippen LogP contribution in [-0.4, -0.2) is 27.2 Å². The summed E-state index contributed by atoms with van der Waals surface area (Å²) in [5.74, 6) is 0. The topological polar surface area (TPSA) is 3.24 Å². The van der Waals surface area contributed by atoms with E-state index in [0.717, 1.165) is 6.42 Å². The van der Waals surface area contributed by atoms with Crippen LogP contribution >= 0.6 is 13.6 Å². The maximum absolute atomic E-state index is 3.96. The summed E-state index contributed by atoms with van der Waals surface area (Å²) in [5.41, 5.74) is 0. The van der Waals surface area contributed by atoms with Crippen LogP contribution in [0.2, 0.25) is 39.3 Å². The molecule has 5 heteroatoms. The van der Waals surface area contributed by atoms with Crippen LogP contribution in [0.15, 0.2) is 0 Å². The summed E-state index contributed by atoms with van der Waals surface area (Å²) in [6.07, 6.45) is 1.05. The van der Waals surface area contributed by atoms with Crippen molar-refractivity contribution < 1.29 is 16.3 Å². The number of halogens is 1. The molecule has 1 nitrogen and oxygen atoms in total. The van der Waals surface area contributed by atoms with Crippen LogP contribution in [0, 0.1) is 6.92 Å². The first-order valence-electron chi connectivity index (χ1n) is 5.03. The van der Waals surface area contributed by atoms with Gasteiger partial charge >= 0.3 is 30.0 Å². The summed E-state index contributed by atoms with van der Waals surface area (Å²) in [4.78, 5) is 0. The van der Waals surface area contributed by atoms with Gasteiger partial charge in [-0.15, -0.1) is 0 Å². The van der Waals surface area contributed by atoms with Gasteiger partial charge in [-0.2, -0.15) is 6.42 Å². The minimum atomic E-state index is -1.09. The van der Waals surface area contributed by atoms with Crippen molar-refractivity contribution in [1.82, 2.24) is 4.23 Å². The first kappa shape index (κ1) is 17.9. The van der Waals surface area contributed by atoms with E-state index in [1.165, 1.54) is 22.9 Å². The second-order valence-electron chi connectivity index (χ2n) is 5.35. The van der Waals surface area contributed by atoms with Crippen molar-refractivity contribution in [1.29, 1.82) is 0 Å². The second kappa shape index (κ2) is 7.72. The molecule has 0 bridgehead atoms. The van der Waals surface area contributed by atoms with Crippen molar-refractivity contribution >= 4 is 30.1 Å². The summed E-state index contributed by atoms with van der Waals surface area (Å²) >= 11 is 4.25. The average molecular weight is 348 g/mol. The third-order valence-corrected chi connectivity index (χ3v) is 9.71. The molecule has 0 N–H and O–H groups in total. The minimum absolute atomic E-state index is 1.05. The SMILES string of the molecule is [CH2-]CCN([Si](C)(C)C)[Si](C)(C)C.[Zn+][Br]. The molecule has 0 aliphatic heterocycles. The molecule has 0 rings (SSSR count). The molecule has 0 aromatic carbocycles. The Morgan fingerprint density at radius 3 is 1.36 bits per heavy atom. The summed E-state index contributed by atoms with van der Waals surface area (Å²) < 4.78 is 2.77. The monoisotopic (exact) mass is 345 g/mol. The van der Waals surface area contributed by atoms with Crippen LogP contribution in [0.1, 0.15) is 6.42 Å². The van der Waals surface area contributed by atoms with Crippen molar-refractivity contribution in [3.8, 4) is 0 Å². The molecule has 0 saturated carbocycles. The van der Waals surface area contributed by atoms with Crippen molar-refractivity contribution in [3.63, 3.8) is 0 Å². The van der Waals surface area contributed by atoms with Crippen molar-refractivity contribution in [3.05, 3.63) is 6.92 Å². The molecule has 0 radical (unpaired) electrons. The molecule has 0 aromatic heterocycles. The van der Waals surface area contributed by atoms with E-state index in [9.17, 15) is 0 Å². The van der Waals surface area contributed by atoms with E-state index in [0.29, 0.717) is 0 Å². The molecule has 0 aliphatic rings. The Labute approximate surface area is 109 Å². The fourth-order valence-corrected chi connectivity index (χ4v) is 11.5. The maximum atomic E-state index is 3.96. The molecule has 0 heterocycles. The average Bonchev–Trinajstić information content (AvgIpc) is 2.00. The molecule has 0 unspecified atom stereocenters. The summed E-state index contributed by atoms with van der Waals surface area (Å²) in [6, 6.07) is 0. The van der Waals surface area contributed by atoms with Crippen LogP contribution < -0.4 is 0 Å². The Hall–Kier alpha value is 1.50. The van der Waals surface area contributed by atoms with Crippen LogP contribution in [-0.2, 0) is 16.3 Å². The molecule has 82 valence electrons. The zero-order valence-corrected chi connectivity index (χ0v) is 17.2. The summed E-state index contributed by atoms with van der Waals surface area (Å²) in [6.45, 7) is 19.7. The van der Waals surface area contributed by atoms with Crippen molar-refractivity contribution in [2.45, 2.75) is 45.7 Å². The molecule has 0 aliphatic carbocycles. The standard InChI is InChI=1S/C9H24NSi2.BrH.Zn/c1-8-9-10(11(2,3)4)12(5,6)7;;/h1,8-9H2,2-7H3;1H;/q-1;;+2/p-1. The van der Waals surface area contributed by atoms with Gasteiger partial charge in [0.25, 0.3) is 0 Å².